The van der Waals surface area contributed by atoms with E-state index in [2.05, 4.69) is 10.3 Å². The summed E-state index contributed by atoms with van der Waals surface area (Å²) >= 11 is 0. The van der Waals surface area contributed by atoms with Crippen molar-refractivity contribution in [2.24, 2.45) is 0 Å². The zero-order chi connectivity index (χ0) is 9.97. The number of piperidine rings is 1. The summed E-state index contributed by atoms with van der Waals surface area (Å²) < 4.78 is 0. The highest BCUT2D eigenvalue weighted by molar-refractivity contribution is 5.25. The molecule has 0 bridgehead atoms. The van der Waals surface area contributed by atoms with Crippen LogP contribution in [-0.4, -0.2) is 16.6 Å². The van der Waals surface area contributed by atoms with Crippen molar-refractivity contribution in [2.75, 3.05) is 6.54 Å². The molecule has 14 heavy (non-hydrogen) atoms. The number of nitrogens with one attached hydrogen (secondary N) is 2. The number of hydrogen-bond acceptors (Lipinski definition) is 3. The van der Waals surface area contributed by atoms with Crippen molar-refractivity contribution in [2.45, 2.75) is 25.3 Å². The smallest absolute Gasteiger partial charge is 0.290 e. The fraction of sp³-hybridized carbons (Fsp3) is 0.500. The van der Waals surface area contributed by atoms with Gasteiger partial charge in [-0.1, -0.05) is 6.42 Å². The van der Waals surface area contributed by atoms with E-state index >= 15 is 0 Å². The summed E-state index contributed by atoms with van der Waals surface area (Å²) in [6, 6.07) is 1.81. The first kappa shape index (κ1) is 9.27. The third-order valence-electron chi connectivity index (χ3n) is 2.62. The fourth-order valence-electron chi connectivity index (χ4n) is 1.83. The average Bonchev–Trinajstić information content (AvgIpc) is 2.23. The molecule has 2 rings (SSSR count). The molecule has 0 aromatic carbocycles. The van der Waals surface area contributed by atoms with Gasteiger partial charge in [-0.25, -0.2) is 0 Å². The Hall–Kier alpha value is -1.29. The number of aromatic hydroxyl groups is 1. The molecule has 1 aromatic rings. The maximum absolute atomic E-state index is 10.9. The first-order valence-corrected chi connectivity index (χ1v) is 4.92. The Morgan fingerprint density at radius 3 is 2.93 bits per heavy atom. The molecule has 0 aliphatic carbocycles. The van der Waals surface area contributed by atoms with Crippen molar-refractivity contribution in [3.63, 3.8) is 0 Å². The van der Waals surface area contributed by atoms with Gasteiger partial charge in [0.1, 0.15) is 0 Å². The van der Waals surface area contributed by atoms with Crippen LogP contribution in [0.3, 0.4) is 0 Å². The van der Waals surface area contributed by atoms with Crippen LogP contribution >= 0.6 is 0 Å². The van der Waals surface area contributed by atoms with Crippen LogP contribution in [0.2, 0.25) is 0 Å². The Labute approximate surface area is 82.0 Å². The number of pyridine rings is 1. The zero-order valence-electron chi connectivity index (χ0n) is 7.92. The predicted molar refractivity (Wildman–Crippen MR) is 53.3 cm³/mol. The van der Waals surface area contributed by atoms with Crippen LogP contribution in [0.25, 0.3) is 0 Å². The van der Waals surface area contributed by atoms with Gasteiger partial charge < -0.3 is 15.4 Å². The molecule has 0 radical (unpaired) electrons. The van der Waals surface area contributed by atoms with Gasteiger partial charge in [0.15, 0.2) is 5.75 Å². The van der Waals surface area contributed by atoms with E-state index in [0.717, 1.165) is 18.5 Å². The van der Waals surface area contributed by atoms with Crippen molar-refractivity contribution in [3.05, 3.63) is 28.2 Å². The van der Waals surface area contributed by atoms with Crippen LogP contribution in [0.4, 0.5) is 0 Å². The highest BCUT2D eigenvalue weighted by Gasteiger charge is 2.15. The molecular formula is C10H14N2O2. The fourth-order valence-corrected chi connectivity index (χ4v) is 1.83. The molecule has 1 fully saturated rings. The lowest BCUT2D eigenvalue weighted by molar-refractivity contribution is 0.407. The van der Waals surface area contributed by atoms with E-state index in [1.54, 1.807) is 12.3 Å². The summed E-state index contributed by atoms with van der Waals surface area (Å²) in [6.07, 6.45) is 5.12. The molecule has 1 aromatic heterocycles. The van der Waals surface area contributed by atoms with Gasteiger partial charge in [0.05, 0.1) is 0 Å². The van der Waals surface area contributed by atoms with Gasteiger partial charge in [-0.2, -0.15) is 0 Å². The normalized spacial score (nSPS) is 22.1. The standard InChI is InChI=1S/C10H14N2O2/c13-9-5-7(6-12-10(9)14)8-3-1-2-4-11-8/h5-6,8,11,13H,1-4H2,(H,12,14)/t8-/m1/s1. The maximum Gasteiger partial charge on any atom is 0.290 e. The molecule has 1 atom stereocenters. The molecular weight excluding hydrogens is 180 g/mol. The number of H-pyrrole nitrogens is 1. The molecule has 0 spiro atoms. The van der Waals surface area contributed by atoms with Gasteiger partial charge in [0, 0.05) is 12.2 Å². The lowest BCUT2D eigenvalue weighted by atomic mass is 9.99. The third kappa shape index (κ3) is 1.80. The summed E-state index contributed by atoms with van der Waals surface area (Å²) in [5, 5.41) is 12.6. The minimum Gasteiger partial charge on any atom is -0.503 e. The summed E-state index contributed by atoms with van der Waals surface area (Å²) in [6.45, 7) is 1.00. The van der Waals surface area contributed by atoms with E-state index in [1.807, 2.05) is 0 Å². The first-order valence-electron chi connectivity index (χ1n) is 4.92. The van der Waals surface area contributed by atoms with Crippen molar-refractivity contribution < 1.29 is 5.11 Å². The largest absolute Gasteiger partial charge is 0.503 e. The number of aromatic nitrogens is 1. The molecule has 1 aliphatic heterocycles. The molecule has 76 valence electrons. The molecule has 1 aliphatic rings. The molecule has 4 nitrogen and oxygen atoms in total. The summed E-state index contributed by atoms with van der Waals surface area (Å²) in [7, 11) is 0. The number of rotatable bonds is 1. The maximum atomic E-state index is 10.9. The van der Waals surface area contributed by atoms with Crippen LogP contribution in [-0.2, 0) is 0 Å². The summed E-state index contributed by atoms with van der Waals surface area (Å²) in [5.74, 6) is -0.199. The van der Waals surface area contributed by atoms with Crippen LogP contribution in [0.5, 0.6) is 5.75 Å². The first-order chi connectivity index (χ1) is 6.77. The molecule has 4 heteroatoms. The Morgan fingerprint density at radius 1 is 1.43 bits per heavy atom. The van der Waals surface area contributed by atoms with Crippen molar-refractivity contribution in [3.8, 4) is 5.75 Å². The lowest BCUT2D eigenvalue weighted by Gasteiger charge is -2.23. The summed E-state index contributed by atoms with van der Waals surface area (Å²) in [5.41, 5.74) is 0.534. The van der Waals surface area contributed by atoms with E-state index in [1.165, 1.54) is 12.8 Å². The van der Waals surface area contributed by atoms with Gasteiger partial charge in [0.25, 0.3) is 5.56 Å². The van der Waals surface area contributed by atoms with Gasteiger partial charge in [-0.05, 0) is 31.0 Å². The van der Waals surface area contributed by atoms with Gasteiger partial charge in [0.2, 0.25) is 0 Å². The molecule has 0 saturated carbocycles. The third-order valence-corrected chi connectivity index (χ3v) is 2.62. The van der Waals surface area contributed by atoms with Gasteiger partial charge in [-0.3, -0.25) is 4.79 Å². The molecule has 0 amide bonds. The second-order valence-electron chi connectivity index (χ2n) is 3.65. The van der Waals surface area contributed by atoms with Crippen molar-refractivity contribution in [1.29, 1.82) is 0 Å². The van der Waals surface area contributed by atoms with Crippen LogP contribution in [0.1, 0.15) is 30.9 Å². The second kappa shape index (κ2) is 3.84. The van der Waals surface area contributed by atoms with E-state index in [0.29, 0.717) is 0 Å². The topological polar surface area (TPSA) is 65.1 Å². The van der Waals surface area contributed by atoms with Crippen molar-refractivity contribution in [1.82, 2.24) is 10.3 Å². The minimum absolute atomic E-state index is 0.199. The Morgan fingerprint density at radius 2 is 2.29 bits per heavy atom. The van der Waals surface area contributed by atoms with E-state index < -0.39 is 5.56 Å². The van der Waals surface area contributed by atoms with E-state index in [-0.39, 0.29) is 11.8 Å². The van der Waals surface area contributed by atoms with Gasteiger partial charge in [-0.15, -0.1) is 0 Å². The van der Waals surface area contributed by atoms with Crippen molar-refractivity contribution >= 4 is 0 Å². The Bertz CT molecular complexity index is 367. The number of aromatic amines is 1. The molecule has 2 heterocycles. The lowest BCUT2D eigenvalue weighted by Crippen LogP contribution is -2.27. The minimum atomic E-state index is -0.426. The average molecular weight is 194 g/mol. The van der Waals surface area contributed by atoms with E-state index in [9.17, 15) is 9.90 Å². The SMILES string of the molecule is O=c1[nH]cc([C@H]2CCCCN2)cc1O. The molecule has 1 saturated heterocycles. The Kier molecular flexibility index (Phi) is 2.54. The second-order valence-corrected chi connectivity index (χ2v) is 3.65. The monoisotopic (exact) mass is 194 g/mol. The highest BCUT2D eigenvalue weighted by Crippen LogP contribution is 2.22. The van der Waals surface area contributed by atoms with E-state index in [4.69, 9.17) is 0 Å². The molecule has 0 unspecified atom stereocenters. The highest BCUT2D eigenvalue weighted by atomic mass is 16.3. The zero-order valence-corrected chi connectivity index (χ0v) is 7.92. The molecule has 3 N–H and O–H groups in total. The summed E-state index contributed by atoms with van der Waals surface area (Å²) in [4.78, 5) is 13.4. The quantitative estimate of drug-likeness (QED) is 0.622. The van der Waals surface area contributed by atoms with Crippen LogP contribution < -0.4 is 10.9 Å². The van der Waals surface area contributed by atoms with Crippen LogP contribution in [0.15, 0.2) is 17.1 Å². The Balaban J connectivity index is 2.22. The number of hydrogen-bond donors (Lipinski definition) is 3. The van der Waals surface area contributed by atoms with Gasteiger partial charge >= 0.3 is 0 Å². The van der Waals surface area contributed by atoms with Crippen LogP contribution in [0, 0.1) is 0 Å². The predicted octanol–water partition coefficient (Wildman–Crippen LogP) is 0.895.